The molecule has 0 aliphatic rings. The van der Waals surface area contributed by atoms with Gasteiger partial charge in [0, 0.05) is 21.3 Å². The minimum absolute atomic E-state index is 0.147. The van der Waals surface area contributed by atoms with Crippen molar-refractivity contribution in [3.8, 4) is 0 Å². The molecule has 0 spiro atoms. The molecule has 0 saturated carbocycles. The van der Waals surface area contributed by atoms with Gasteiger partial charge in [-0.05, 0) is 42.5 Å². The summed E-state index contributed by atoms with van der Waals surface area (Å²) in [5.41, 5.74) is 4.77. The van der Waals surface area contributed by atoms with Gasteiger partial charge < -0.3 is 5.32 Å². The summed E-state index contributed by atoms with van der Waals surface area (Å²) in [6, 6.07) is 23.0. The maximum atomic E-state index is 12.8. The lowest BCUT2D eigenvalue weighted by Crippen LogP contribution is -2.24. The van der Waals surface area contributed by atoms with E-state index in [9.17, 15) is 4.79 Å². The highest BCUT2D eigenvalue weighted by Gasteiger charge is 2.15. The van der Waals surface area contributed by atoms with Gasteiger partial charge >= 0.3 is 0 Å². The van der Waals surface area contributed by atoms with Gasteiger partial charge in [-0.2, -0.15) is 5.10 Å². The first-order valence-electron chi connectivity index (χ1n) is 7.83. The lowest BCUT2D eigenvalue weighted by molar-refractivity contribution is 0.106. The third-order valence-corrected chi connectivity index (χ3v) is 3.97. The molecule has 0 heterocycles. The number of hydrazone groups is 1. The molecule has 0 saturated heterocycles. The van der Waals surface area contributed by atoms with Crippen LogP contribution in [0.3, 0.4) is 0 Å². The summed E-state index contributed by atoms with van der Waals surface area (Å²) in [6.45, 7) is 0. The summed E-state index contributed by atoms with van der Waals surface area (Å²) in [7, 11) is 0. The number of hydrogen-bond donors (Lipinski definition) is 2. The highest BCUT2D eigenvalue weighted by molar-refractivity contribution is 6.49. The predicted molar refractivity (Wildman–Crippen MR) is 108 cm³/mol. The van der Waals surface area contributed by atoms with E-state index in [2.05, 4.69) is 15.8 Å². The van der Waals surface area contributed by atoms with Crippen molar-refractivity contribution in [2.45, 2.75) is 0 Å². The van der Waals surface area contributed by atoms with Crippen LogP contribution in [-0.2, 0) is 0 Å². The Hall–Kier alpha value is -2.82. The number of halogens is 2. The van der Waals surface area contributed by atoms with Gasteiger partial charge in [0.1, 0.15) is 0 Å². The molecule has 0 bridgehead atoms. The Morgan fingerprint density at radius 1 is 0.769 bits per heavy atom. The molecule has 0 aromatic heterocycles. The Kier molecular flexibility index (Phi) is 5.89. The van der Waals surface area contributed by atoms with Crippen LogP contribution in [0.1, 0.15) is 10.4 Å². The van der Waals surface area contributed by atoms with E-state index < -0.39 is 0 Å². The average molecular weight is 384 g/mol. The van der Waals surface area contributed by atoms with Crippen LogP contribution in [0, 0.1) is 0 Å². The minimum Gasteiger partial charge on any atom is -0.335 e. The topological polar surface area (TPSA) is 53.5 Å². The lowest BCUT2D eigenvalue weighted by Gasteiger charge is -2.10. The van der Waals surface area contributed by atoms with E-state index in [1.165, 1.54) is 0 Å². The van der Waals surface area contributed by atoms with Crippen LogP contribution in [0.15, 0.2) is 84.0 Å². The molecule has 6 heteroatoms. The van der Waals surface area contributed by atoms with Crippen LogP contribution < -0.4 is 10.7 Å². The summed E-state index contributed by atoms with van der Waals surface area (Å²) in [4.78, 5) is 12.8. The molecule has 0 atom stereocenters. The second-order valence-corrected chi connectivity index (χ2v) is 6.28. The van der Waals surface area contributed by atoms with E-state index in [-0.39, 0.29) is 11.6 Å². The van der Waals surface area contributed by atoms with Crippen LogP contribution in [0.2, 0.25) is 10.0 Å². The Balaban J connectivity index is 1.88. The SMILES string of the molecule is O=C(C(=NNc1ccc(Cl)cc1)Nc1cccc(Cl)c1)c1ccccc1. The molecule has 0 unspecified atom stereocenters. The van der Waals surface area contributed by atoms with Crippen molar-refractivity contribution < 1.29 is 4.79 Å². The van der Waals surface area contributed by atoms with E-state index in [0.717, 1.165) is 0 Å². The number of benzene rings is 3. The highest BCUT2D eigenvalue weighted by Crippen LogP contribution is 2.17. The van der Waals surface area contributed by atoms with Crippen LogP contribution >= 0.6 is 23.2 Å². The fourth-order valence-corrected chi connectivity index (χ4v) is 2.53. The van der Waals surface area contributed by atoms with Crippen LogP contribution in [-0.4, -0.2) is 11.6 Å². The summed E-state index contributed by atoms with van der Waals surface area (Å²) in [6.07, 6.45) is 0. The van der Waals surface area contributed by atoms with Crippen molar-refractivity contribution in [3.05, 3.63) is 94.5 Å². The molecule has 0 aliphatic carbocycles. The van der Waals surface area contributed by atoms with Gasteiger partial charge in [0.15, 0.2) is 5.84 Å². The van der Waals surface area contributed by atoms with E-state index >= 15 is 0 Å². The summed E-state index contributed by atoms with van der Waals surface area (Å²) in [5.74, 6) is -0.0968. The van der Waals surface area contributed by atoms with E-state index in [4.69, 9.17) is 23.2 Å². The van der Waals surface area contributed by atoms with Crippen LogP contribution in [0.25, 0.3) is 0 Å². The van der Waals surface area contributed by atoms with Crippen molar-refractivity contribution in [2.75, 3.05) is 10.7 Å². The Labute approximate surface area is 161 Å². The number of carbonyl (C=O) groups excluding carboxylic acids is 1. The number of ketones is 1. The Morgan fingerprint density at radius 3 is 2.19 bits per heavy atom. The van der Waals surface area contributed by atoms with Gasteiger partial charge in [-0.15, -0.1) is 0 Å². The second kappa shape index (κ2) is 8.52. The van der Waals surface area contributed by atoms with E-state index in [1.54, 1.807) is 66.7 Å². The maximum absolute atomic E-state index is 12.8. The van der Waals surface area contributed by atoms with Gasteiger partial charge in [0.25, 0.3) is 0 Å². The number of hydrogen-bond acceptors (Lipinski definition) is 3. The zero-order valence-electron chi connectivity index (χ0n) is 13.6. The number of amidine groups is 1. The van der Waals surface area contributed by atoms with Crippen molar-refractivity contribution >= 4 is 46.2 Å². The fraction of sp³-hybridized carbons (Fsp3) is 0. The summed E-state index contributed by atoms with van der Waals surface area (Å²) >= 11 is 11.9. The smallest absolute Gasteiger partial charge is 0.230 e. The van der Waals surface area contributed by atoms with Gasteiger partial charge in [0.05, 0.1) is 5.69 Å². The largest absolute Gasteiger partial charge is 0.335 e. The standard InChI is InChI=1S/C20H15Cl2N3O/c21-15-9-11-17(12-10-15)24-25-20(19(26)14-5-2-1-3-6-14)23-18-8-4-7-16(22)13-18/h1-13,24H,(H,23,25). The van der Waals surface area contributed by atoms with Crippen LogP contribution in [0.4, 0.5) is 11.4 Å². The van der Waals surface area contributed by atoms with Crippen molar-refractivity contribution in [1.29, 1.82) is 0 Å². The molecule has 0 radical (unpaired) electrons. The molecule has 3 aromatic rings. The third kappa shape index (κ3) is 4.85. The van der Waals surface area contributed by atoms with Gasteiger partial charge in [0.2, 0.25) is 5.78 Å². The van der Waals surface area contributed by atoms with Crippen LogP contribution in [0.5, 0.6) is 0 Å². The number of Topliss-reactive ketones (excluding diaryl/α,β-unsaturated/α-hetero) is 1. The Bertz CT molecular complexity index is 925. The van der Waals surface area contributed by atoms with Crippen molar-refractivity contribution in [3.63, 3.8) is 0 Å². The highest BCUT2D eigenvalue weighted by atomic mass is 35.5. The zero-order valence-corrected chi connectivity index (χ0v) is 15.1. The summed E-state index contributed by atoms with van der Waals surface area (Å²) < 4.78 is 0. The molecule has 130 valence electrons. The molecule has 3 rings (SSSR count). The average Bonchev–Trinajstić information content (AvgIpc) is 2.66. The second-order valence-electron chi connectivity index (χ2n) is 5.41. The molecule has 0 fully saturated rings. The Morgan fingerprint density at radius 2 is 1.50 bits per heavy atom. The number of nitrogens with zero attached hydrogens (tertiary/aromatic N) is 1. The van der Waals surface area contributed by atoms with Crippen molar-refractivity contribution in [2.24, 2.45) is 5.10 Å². The molecular weight excluding hydrogens is 369 g/mol. The number of rotatable bonds is 5. The first-order valence-corrected chi connectivity index (χ1v) is 8.59. The van der Waals surface area contributed by atoms with Gasteiger partial charge in [-0.1, -0.05) is 59.6 Å². The summed E-state index contributed by atoms with van der Waals surface area (Å²) in [5, 5.41) is 8.46. The minimum atomic E-state index is -0.243. The number of carbonyl (C=O) groups is 1. The van der Waals surface area contributed by atoms with Crippen molar-refractivity contribution in [1.82, 2.24) is 0 Å². The quantitative estimate of drug-likeness (QED) is 0.256. The molecule has 26 heavy (non-hydrogen) atoms. The predicted octanol–water partition coefficient (Wildman–Crippen LogP) is 5.71. The van der Waals surface area contributed by atoms with E-state index in [1.807, 2.05) is 12.1 Å². The lowest BCUT2D eigenvalue weighted by atomic mass is 10.1. The first-order chi connectivity index (χ1) is 12.6. The fourth-order valence-electron chi connectivity index (χ4n) is 2.21. The molecule has 2 N–H and O–H groups in total. The normalized spacial score (nSPS) is 11.1. The molecule has 3 aromatic carbocycles. The molecule has 0 amide bonds. The number of anilines is 2. The molecule has 0 aliphatic heterocycles. The monoisotopic (exact) mass is 383 g/mol. The third-order valence-electron chi connectivity index (χ3n) is 3.48. The first kappa shape index (κ1) is 18.0. The maximum Gasteiger partial charge on any atom is 0.230 e. The molecule has 4 nitrogen and oxygen atoms in total. The van der Waals surface area contributed by atoms with Gasteiger partial charge in [-0.25, -0.2) is 0 Å². The van der Waals surface area contributed by atoms with E-state index in [0.29, 0.717) is 27.0 Å². The van der Waals surface area contributed by atoms with Gasteiger partial charge in [-0.3, -0.25) is 10.2 Å². The zero-order chi connectivity index (χ0) is 18.4. The molecular formula is C20H15Cl2N3O. The number of nitrogens with one attached hydrogen (secondary N) is 2.